The molecule has 0 radical (unpaired) electrons. The van der Waals surface area contributed by atoms with Crippen molar-refractivity contribution >= 4 is 16.7 Å². The lowest BCUT2D eigenvalue weighted by molar-refractivity contribution is -0.156. The van der Waals surface area contributed by atoms with Gasteiger partial charge in [-0.1, -0.05) is 42.5 Å². The zero-order valence-electron chi connectivity index (χ0n) is 15.8. The fraction of sp³-hybridized carbons (Fsp3) is 0.522. The summed E-state index contributed by atoms with van der Waals surface area (Å²) in [5.74, 6) is 1.09. The molecule has 3 nitrogen and oxygen atoms in total. The fourth-order valence-corrected chi connectivity index (χ4v) is 5.27. The van der Waals surface area contributed by atoms with Crippen molar-refractivity contribution in [3.05, 3.63) is 48.0 Å². The van der Waals surface area contributed by atoms with Crippen LogP contribution in [0, 0.1) is 17.8 Å². The number of benzene rings is 2. The predicted octanol–water partition coefficient (Wildman–Crippen LogP) is 4.86. The van der Waals surface area contributed by atoms with E-state index in [9.17, 15) is 4.79 Å². The monoisotopic (exact) mass is 351 g/mol. The number of carbonyl (C=O) groups is 1. The van der Waals surface area contributed by atoms with Crippen molar-refractivity contribution in [2.45, 2.75) is 51.6 Å². The van der Waals surface area contributed by atoms with Gasteiger partial charge in [0.05, 0.1) is 12.5 Å². The third-order valence-corrected chi connectivity index (χ3v) is 6.51. The quantitative estimate of drug-likeness (QED) is 0.782. The summed E-state index contributed by atoms with van der Waals surface area (Å²) in [5, 5.41) is 6.41. The molecule has 138 valence electrons. The fourth-order valence-electron chi connectivity index (χ4n) is 5.27. The summed E-state index contributed by atoms with van der Waals surface area (Å²) >= 11 is 0. The van der Waals surface area contributed by atoms with E-state index in [2.05, 4.69) is 54.7 Å². The molecule has 3 saturated carbocycles. The number of nitrogens with one attached hydrogen (secondary N) is 1. The zero-order chi connectivity index (χ0) is 18.1. The minimum absolute atomic E-state index is 0.00418. The molecular weight excluding hydrogens is 322 g/mol. The van der Waals surface area contributed by atoms with Crippen LogP contribution < -0.4 is 5.32 Å². The van der Waals surface area contributed by atoms with Crippen LogP contribution in [0.5, 0.6) is 0 Å². The first kappa shape index (κ1) is 17.5. The van der Waals surface area contributed by atoms with Crippen LogP contribution in [-0.2, 0) is 9.53 Å². The molecule has 2 bridgehead atoms. The standard InChI is InChI=1S/C23H29NO2/c1-3-26-23(25)21-17-11-13-18(14-12-17)22(21)24-15(2)19-10-6-8-16-7-4-5-9-20(16)19/h4-10,15,17-18,21-22,24H,3,11-14H2,1-2H3/t15-,17?,18?,21-,22-/m0/s1. The number of hydrogen-bond donors (Lipinski definition) is 1. The van der Waals surface area contributed by atoms with Gasteiger partial charge in [-0.3, -0.25) is 4.79 Å². The molecule has 0 aromatic heterocycles. The van der Waals surface area contributed by atoms with Crippen molar-refractivity contribution in [3.63, 3.8) is 0 Å². The Balaban J connectivity index is 1.60. The van der Waals surface area contributed by atoms with Crippen LogP contribution in [0.1, 0.15) is 51.1 Å². The van der Waals surface area contributed by atoms with Crippen molar-refractivity contribution < 1.29 is 9.53 Å². The summed E-state index contributed by atoms with van der Waals surface area (Å²) in [6.45, 7) is 4.60. The van der Waals surface area contributed by atoms with E-state index in [-0.39, 0.29) is 24.0 Å². The normalized spacial score (nSPS) is 28.8. The number of fused-ring (bicyclic) bond motifs is 4. The Labute approximate surface area is 156 Å². The Kier molecular flexibility index (Phi) is 4.99. The number of rotatable bonds is 5. The highest BCUT2D eigenvalue weighted by Crippen LogP contribution is 2.46. The van der Waals surface area contributed by atoms with Crippen molar-refractivity contribution in [2.24, 2.45) is 17.8 Å². The summed E-state index contributed by atoms with van der Waals surface area (Å²) in [4.78, 5) is 12.7. The molecule has 0 aliphatic heterocycles. The largest absolute Gasteiger partial charge is 0.466 e. The lowest BCUT2D eigenvalue weighted by atomic mass is 9.61. The van der Waals surface area contributed by atoms with Crippen LogP contribution in [0.2, 0.25) is 0 Å². The summed E-state index contributed by atoms with van der Waals surface area (Å²) in [5.41, 5.74) is 1.31. The first-order valence-corrected chi connectivity index (χ1v) is 10.1. The van der Waals surface area contributed by atoms with Crippen molar-refractivity contribution in [2.75, 3.05) is 6.61 Å². The lowest BCUT2D eigenvalue weighted by Crippen LogP contribution is -2.55. The third kappa shape index (κ3) is 3.14. The van der Waals surface area contributed by atoms with E-state index in [4.69, 9.17) is 4.74 Å². The maximum absolute atomic E-state index is 12.7. The van der Waals surface area contributed by atoms with Gasteiger partial charge in [-0.25, -0.2) is 0 Å². The van der Waals surface area contributed by atoms with Crippen LogP contribution >= 0.6 is 0 Å². The SMILES string of the molecule is CCOC(=O)[C@H]1C2CCC(CC2)[C@@H]1N[C@@H](C)c1cccc2ccccc12. The third-order valence-electron chi connectivity index (χ3n) is 6.51. The van der Waals surface area contributed by atoms with Crippen LogP contribution in [-0.4, -0.2) is 18.6 Å². The maximum atomic E-state index is 12.7. The first-order valence-electron chi connectivity index (χ1n) is 10.1. The van der Waals surface area contributed by atoms with Gasteiger partial charge in [0.25, 0.3) is 0 Å². The maximum Gasteiger partial charge on any atom is 0.310 e. The smallest absolute Gasteiger partial charge is 0.310 e. The van der Waals surface area contributed by atoms with E-state index < -0.39 is 0 Å². The molecule has 0 unspecified atom stereocenters. The van der Waals surface area contributed by atoms with E-state index in [0.717, 1.165) is 0 Å². The average molecular weight is 351 g/mol. The van der Waals surface area contributed by atoms with E-state index in [0.29, 0.717) is 18.4 Å². The molecule has 3 aliphatic rings. The van der Waals surface area contributed by atoms with Crippen molar-refractivity contribution in [3.8, 4) is 0 Å². The number of hydrogen-bond acceptors (Lipinski definition) is 3. The van der Waals surface area contributed by atoms with Gasteiger partial charge >= 0.3 is 5.97 Å². The highest BCUT2D eigenvalue weighted by molar-refractivity contribution is 5.86. The van der Waals surface area contributed by atoms with Gasteiger partial charge in [0.1, 0.15) is 0 Å². The number of ether oxygens (including phenoxy) is 1. The molecule has 5 rings (SSSR count). The molecule has 26 heavy (non-hydrogen) atoms. The molecule has 3 atom stereocenters. The first-order chi connectivity index (χ1) is 12.7. The Morgan fingerprint density at radius 2 is 1.77 bits per heavy atom. The van der Waals surface area contributed by atoms with E-state index in [1.54, 1.807) is 0 Å². The van der Waals surface area contributed by atoms with Crippen LogP contribution in [0.4, 0.5) is 0 Å². The number of carbonyl (C=O) groups excluding carboxylic acids is 1. The van der Waals surface area contributed by atoms with Gasteiger partial charge in [0.15, 0.2) is 0 Å². The second kappa shape index (κ2) is 7.40. The molecule has 2 aromatic rings. The van der Waals surface area contributed by atoms with Crippen LogP contribution in [0.3, 0.4) is 0 Å². The molecule has 2 aromatic carbocycles. The predicted molar refractivity (Wildman–Crippen MR) is 105 cm³/mol. The summed E-state index contributed by atoms with van der Waals surface area (Å²) in [6, 6.07) is 15.5. The molecule has 3 aliphatic carbocycles. The topological polar surface area (TPSA) is 38.3 Å². The summed E-state index contributed by atoms with van der Waals surface area (Å²) in [7, 11) is 0. The minimum atomic E-state index is 0.00418. The molecule has 0 saturated heterocycles. The van der Waals surface area contributed by atoms with Crippen molar-refractivity contribution in [1.82, 2.24) is 5.32 Å². The Bertz CT molecular complexity index is 773. The van der Waals surface area contributed by atoms with E-state index in [1.807, 2.05) is 6.92 Å². The molecule has 0 spiro atoms. The average Bonchev–Trinajstić information content (AvgIpc) is 2.68. The lowest BCUT2D eigenvalue weighted by Gasteiger charge is -2.48. The molecule has 1 N–H and O–H groups in total. The van der Waals surface area contributed by atoms with Gasteiger partial charge < -0.3 is 10.1 Å². The Morgan fingerprint density at radius 1 is 1.08 bits per heavy atom. The van der Waals surface area contributed by atoms with Crippen LogP contribution in [0.25, 0.3) is 10.8 Å². The molecule has 0 amide bonds. The number of esters is 1. The summed E-state index contributed by atoms with van der Waals surface area (Å²) < 4.78 is 5.44. The molecule has 3 fully saturated rings. The zero-order valence-corrected chi connectivity index (χ0v) is 15.8. The Hall–Kier alpha value is -1.87. The second-order valence-electron chi connectivity index (χ2n) is 7.94. The van der Waals surface area contributed by atoms with Crippen LogP contribution in [0.15, 0.2) is 42.5 Å². The highest BCUT2D eigenvalue weighted by Gasteiger charge is 2.48. The Morgan fingerprint density at radius 3 is 2.54 bits per heavy atom. The van der Waals surface area contributed by atoms with E-state index in [1.165, 1.54) is 42.0 Å². The van der Waals surface area contributed by atoms with Gasteiger partial charge in [-0.05, 0) is 67.7 Å². The highest BCUT2D eigenvalue weighted by atomic mass is 16.5. The summed E-state index contributed by atoms with van der Waals surface area (Å²) in [6.07, 6.45) is 4.82. The van der Waals surface area contributed by atoms with Gasteiger partial charge in [0.2, 0.25) is 0 Å². The second-order valence-corrected chi connectivity index (χ2v) is 7.94. The van der Waals surface area contributed by atoms with E-state index >= 15 is 0 Å². The van der Waals surface area contributed by atoms with Gasteiger partial charge in [0, 0.05) is 12.1 Å². The minimum Gasteiger partial charge on any atom is -0.466 e. The van der Waals surface area contributed by atoms with Gasteiger partial charge in [-0.2, -0.15) is 0 Å². The van der Waals surface area contributed by atoms with Gasteiger partial charge in [-0.15, -0.1) is 0 Å². The van der Waals surface area contributed by atoms with Crippen molar-refractivity contribution in [1.29, 1.82) is 0 Å². The molecule has 3 heteroatoms. The molecular formula is C23H29NO2. The molecule has 0 heterocycles.